The molecule has 1 saturated heterocycles. The highest BCUT2D eigenvalue weighted by Gasteiger charge is 2.34. The Balaban J connectivity index is 1.33. The lowest BCUT2D eigenvalue weighted by Crippen LogP contribution is -2.51. The van der Waals surface area contributed by atoms with Crippen molar-refractivity contribution < 1.29 is 13.2 Å². The first-order valence-electron chi connectivity index (χ1n) is 9.57. The molecule has 1 amide bonds. The summed E-state index contributed by atoms with van der Waals surface area (Å²) in [6, 6.07) is 12.6. The number of pyridine rings is 1. The summed E-state index contributed by atoms with van der Waals surface area (Å²) in [5.74, 6) is -0.237. The molecule has 0 radical (unpaired) electrons. The molecule has 1 fully saturated rings. The molecule has 1 N–H and O–H groups in total. The predicted octanol–water partition coefficient (Wildman–Crippen LogP) is 2.68. The van der Waals surface area contributed by atoms with E-state index in [-0.39, 0.29) is 23.2 Å². The van der Waals surface area contributed by atoms with Crippen LogP contribution in [0.5, 0.6) is 0 Å². The quantitative estimate of drug-likeness (QED) is 0.513. The Morgan fingerprint density at radius 2 is 2.03 bits per heavy atom. The normalized spacial score (nSPS) is 15.6. The summed E-state index contributed by atoms with van der Waals surface area (Å²) < 4.78 is 28.4. The Morgan fingerprint density at radius 3 is 2.81 bits per heavy atom. The highest BCUT2D eigenvalue weighted by Crippen LogP contribution is 2.32. The van der Waals surface area contributed by atoms with E-state index in [1.54, 1.807) is 41.6 Å². The van der Waals surface area contributed by atoms with Gasteiger partial charge in [0.1, 0.15) is 4.21 Å². The van der Waals surface area contributed by atoms with Gasteiger partial charge in [-0.05, 0) is 35.7 Å². The molecule has 1 aromatic carbocycles. The number of piperazine rings is 1. The van der Waals surface area contributed by atoms with Crippen molar-refractivity contribution in [3.63, 3.8) is 0 Å². The van der Waals surface area contributed by atoms with Gasteiger partial charge in [-0.3, -0.25) is 9.78 Å². The zero-order chi connectivity index (χ0) is 21.6. The van der Waals surface area contributed by atoms with Crippen molar-refractivity contribution in [3.8, 4) is 6.07 Å². The summed E-state index contributed by atoms with van der Waals surface area (Å²) >= 11 is 1.12. The second kappa shape index (κ2) is 7.46. The zero-order valence-corrected chi connectivity index (χ0v) is 17.9. The molecule has 0 atom stereocenters. The minimum atomic E-state index is -3.79. The highest BCUT2D eigenvalue weighted by molar-refractivity contribution is 7.91. The number of benzene rings is 1. The fraction of sp³-hybridized carbons (Fsp3) is 0.190. The number of aromatic amines is 1. The molecule has 3 aromatic heterocycles. The molecule has 0 saturated carbocycles. The van der Waals surface area contributed by atoms with E-state index in [1.807, 2.05) is 12.1 Å². The van der Waals surface area contributed by atoms with Crippen LogP contribution in [0.25, 0.3) is 21.0 Å². The number of hydrogen-bond donors (Lipinski definition) is 1. The van der Waals surface area contributed by atoms with Crippen molar-refractivity contribution in [2.45, 2.75) is 10.8 Å². The summed E-state index contributed by atoms with van der Waals surface area (Å²) in [5.41, 5.74) is 2.31. The van der Waals surface area contributed by atoms with Crippen LogP contribution >= 0.6 is 11.3 Å². The largest absolute Gasteiger partial charge is 0.357 e. The van der Waals surface area contributed by atoms with E-state index in [0.717, 1.165) is 38.0 Å². The zero-order valence-electron chi connectivity index (χ0n) is 16.3. The number of carbonyl (C=O) groups excluding carboxylic acids is 1. The summed E-state index contributed by atoms with van der Waals surface area (Å²) in [4.78, 5) is 21.7. The van der Waals surface area contributed by atoms with Crippen molar-refractivity contribution in [3.05, 3.63) is 60.0 Å². The average molecular weight is 452 g/mol. The lowest BCUT2D eigenvalue weighted by Gasteiger charge is -2.33. The number of H-pyrrole nitrogens is 1. The first-order valence-corrected chi connectivity index (χ1v) is 11.8. The van der Waals surface area contributed by atoms with Gasteiger partial charge in [0.05, 0.1) is 24.7 Å². The van der Waals surface area contributed by atoms with E-state index in [4.69, 9.17) is 5.26 Å². The molecule has 8 nitrogen and oxygen atoms in total. The van der Waals surface area contributed by atoms with Crippen LogP contribution in [0.1, 0.15) is 11.3 Å². The maximum atomic E-state index is 13.1. The monoisotopic (exact) mass is 451 g/mol. The van der Waals surface area contributed by atoms with E-state index in [9.17, 15) is 13.2 Å². The third-order valence-electron chi connectivity index (χ3n) is 5.34. The van der Waals surface area contributed by atoms with E-state index in [0.29, 0.717) is 18.7 Å². The molecule has 1 aliphatic rings. The van der Waals surface area contributed by atoms with Gasteiger partial charge in [0.2, 0.25) is 5.91 Å². The van der Waals surface area contributed by atoms with Crippen molar-refractivity contribution >= 4 is 48.3 Å². The molecule has 4 heterocycles. The molecule has 4 aromatic rings. The summed E-state index contributed by atoms with van der Waals surface area (Å²) in [7, 11) is -3.79. The van der Waals surface area contributed by atoms with Crippen LogP contribution < -0.4 is 0 Å². The number of sulfonamides is 1. The number of nitrogens with zero attached hydrogens (tertiary/aromatic N) is 4. The Bertz CT molecular complexity index is 1430. The van der Waals surface area contributed by atoms with Crippen LogP contribution in [-0.2, 0) is 21.4 Å². The van der Waals surface area contributed by atoms with Crippen molar-refractivity contribution in [2.24, 2.45) is 0 Å². The molecule has 31 heavy (non-hydrogen) atoms. The summed E-state index contributed by atoms with van der Waals surface area (Å²) in [6.45, 7) is 0.742. The third kappa shape index (κ3) is 3.57. The Labute approximate surface area is 182 Å². The molecule has 0 bridgehead atoms. The fourth-order valence-corrected chi connectivity index (χ4v) is 6.69. The fourth-order valence-electron chi connectivity index (χ4n) is 3.71. The molecular weight excluding hydrogens is 434 g/mol. The van der Waals surface area contributed by atoms with Crippen LogP contribution in [-0.4, -0.2) is 53.1 Å². The summed E-state index contributed by atoms with van der Waals surface area (Å²) in [6.07, 6.45) is 3.46. The molecule has 0 spiro atoms. The predicted molar refractivity (Wildman–Crippen MR) is 117 cm³/mol. The lowest BCUT2D eigenvalue weighted by molar-refractivity contribution is -0.134. The number of hydrogen-bond acceptors (Lipinski definition) is 6. The second-order valence-corrected chi connectivity index (χ2v) is 10.6. The minimum absolute atomic E-state index is 0.182. The lowest BCUT2D eigenvalue weighted by atomic mass is 10.2. The van der Waals surface area contributed by atoms with E-state index >= 15 is 0 Å². The van der Waals surface area contributed by atoms with Gasteiger partial charge in [0, 0.05) is 46.8 Å². The van der Waals surface area contributed by atoms with E-state index in [2.05, 4.69) is 16.0 Å². The van der Waals surface area contributed by atoms with Crippen LogP contribution in [0.3, 0.4) is 0 Å². The molecular formula is C21H17N5O3S2. The van der Waals surface area contributed by atoms with Gasteiger partial charge < -0.3 is 9.88 Å². The van der Waals surface area contributed by atoms with Crippen molar-refractivity contribution in [1.82, 2.24) is 19.2 Å². The number of aromatic nitrogens is 2. The van der Waals surface area contributed by atoms with Gasteiger partial charge >= 0.3 is 0 Å². The number of fused-ring (bicyclic) bond motifs is 2. The summed E-state index contributed by atoms with van der Waals surface area (Å²) in [5, 5.41) is 10.8. The molecule has 5 rings (SSSR count). The van der Waals surface area contributed by atoms with E-state index < -0.39 is 10.0 Å². The number of nitrogens with one attached hydrogen (secondary N) is 1. The highest BCUT2D eigenvalue weighted by atomic mass is 32.2. The second-order valence-electron chi connectivity index (χ2n) is 7.34. The van der Waals surface area contributed by atoms with Crippen LogP contribution in [0.2, 0.25) is 0 Å². The number of rotatable bonds is 4. The van der Waals surface area contributed by atoms with Crippen LogP contribution in [0, 0.1) is 11.3 Å². The van der Waals surface area contributed by atoms with Gasteiger partial charge in [-0.2, -0.15) is 9.57 Å². The topological polar surface area (TPSA) is 110 Å². The van der Waals surface area contributed by atoms with Gasteiger partial charge in [0.15, 0.2) is 0 Å². The number of nitriles is 1. The molecule has 1 aliphatic heterocycles. The van der Waals surface area contributed by atoms with Crippen LogP contribution in [0.15, 0.2) is 53.0 Å². The van der Waals surface area contributed by atoms with Crippen molar-refractivity contribution in [1.29, 1.82) is 5.26 Å². The molecule has 0 aliphatic carbocycles. The van der Waals surface area contributed by atoms with Gasteiger partial charge in [-0.25, -0.2) is 8.42 Å². The van der Waals surface area contributed by atoms with Gasteiger partial charge in [0.25, 0.3) is 10.0 Å². The maximum absolute atomic E-state index is 13.1. The standard InChI is InChI=1S/C21H17N5O3S2/c22-10-14-1-2-15-9-21(30-19(15)7-14)31(28,29)26-6-5-25(20(27)13-26)12-17-8-16-11-23-4-3-18(16)24-17/h1-4,7-9,11,24H,5-6,12-13H2. The third-order valence-corrected chi connectivity index (χ3v) is 8.73. The number of carbonyl (C=O) groups is 1. The van der Waals surface area contributed by atoms with Crippen LogP contribution in [0.4, 0.5) is 0 Å². The first kappa shape index (κ1) is 19.7. The molecule has 156 valence electrons. The van der Waals surface area contributed by atoms with E-state index in [1.165, 1.54) is 4.31 Å². The average Bonchev–Trinajstić information content (AvgIpc) is 3.38. The Hall–Kier alpha value is -3.26. The van der Waals surface area contributed by atoms with Gasteiger partial charge in [-0.15, -0.1) is 11.3 Å². The SMILES string of the molecule is N#Cc1ccc2cc(S(=O)(=O)N3CCN(Cc4cc5cnccc5[nH]4)C(=O)C3)sc2c1. The first-order chi connectivity index (χ1) is 14.9. The van der Waals surface area contributed by atoms with Gasteiger partial charge in [-0.1, -0.05) is 6.07 Å². The minimum Gasteiger partial charge on any atom is -0.357 e. The number of amides is 1. The maximum Gasteiger partial charge on any atom is 0.253 e. The smallest absolute Gasteiger partial charge is 0.253 e. The van der Waals surface area contributed by atoms with Crippen molar-refractivity contribution in [2.75, 3.05) is 19.6 Å². The Kier molecular flexibility index (Phi) is 4.74. The molecule has 0 unspecified atom stereocenters. The molecule has 10 heteroatoms. The number of thiophene rings is 1. The Morgan fingerprint density at radius 1 is 1.16 bits per heavy atom.